The zero-order valence-corrected chi connectivity index (χ0v) is 10.7. The van der Waals surface area contributed by atoms with Crippen LogP contribution in [-0.4, -0.2) is 25.1 Å². The summed E-state index contributed by atoms with van der Waals surface area (Å²) in [4.78, 5) is -0.401. The number of hydrogen-bond acceptors (Lipinski definition) is 6. The Morgan fingerprint density at radius 2 is 1.95 bits per heavy atom. The second-order valence-corrected chi connectivity index (χ2v) is 5.24. The van der Waals surface area contributed by atoms with E-state index in [0.29, 0.717) is 11.1 Å². The summed E-state index contributed by atoms with van der Waals surface area (Å²) in [6.45, 7) is 0. The van der Waals surface area contributed by atoms with Crippen LogP contribution < -0.4 is 5.73 Å². The number of nitrogens with two attached hydrogens (primary N) is 1. The molecule has 0 aliphatic heterocycles. The number of hydrogen-bond donors (Lipinski definition) is 3. The average Bonchev–Trinajstić information content (AvgIpc) is 2.31. The Balaban J connectivity index is 2.91. The zero-order chi connectivity index (χ0) is 14.2. The first-order chi connectivity index (χ1) is 8.84. The van der Waals surface area contributed by atoms with Crippen molar-refractivity contribution < 1.29 is 18.1 Å². The molecule has 0 unspecified atom stereocenters. The number of nitrogen functional groups attached to an aromatic ring is 1. The highest BCUT2D eigenvalue weighted by atomic mass is 32.2. The van der Waals surface area contributed by atoms with Crippen LogP contribution in [0.1, 0.15) is 0 Å². The van der Waals surface area contributed by atoms with Crippen molar-refractivity contribution in [2.24, 2.45) is 10.2 Å². The standard InChI is InChI=1S/C11H11N3O4S/c1-13-14-11-8(12)3-2-6-4-7(19(16,17)18)5-9(15)10(6)11/h2-5,15H,12H2,1H3,(H,16,17,18). The van der Waals surface area contributed by atoms with Gasteiger partial charge in [-0.2, -0.15) is 18.6 Å². The Morgan fingerprint density at radius 3 is 2.53 bits per heavy atom. The van der Waals surface area contributed by atoms with Crippen molar-refractivity contribution in [3.8, 4) is 5.75 Å². The molecule has 0 atom stereocenters. The van der Waals surface area contributed by atoms with E-state index in [4.69, 9.17) is 10.3 Å². The molecule has 0 aromatic heterocycles. The van der Waals surface area contributed by atoms with Crippen LogP contribution in [0.15, 0.2) is 39.4 Å². The summed E-state index contributed by atoms with van der Waals surface area (Å²) < 4.78 is 31.2. The molecular formula is C11H11N3O4S. The van der Waals surface area contributed by atoms with Gasteiger partial charge in [0.2, 0.25) is 0 Å². The van der Waals surface area contributed by atoms with Crippen LogP contribution in [0.3, 0.4) is 0 Å². The van der Waals surface area contributed by atoms with E-state index < -0.39 is 15.0 Å². The van der Waals surface area contributed by atoms with Gasteiger partial charge in [-0.3, -0.25) is 4.55 Å². The maximum Gasteiger partial charge on any atom is 0.294 e. The van der Waals surface area contributed by atoms with Crippen molar-refractivity contribution in [3.05, 3.63) is 24.3 Å². The van der Waals surface area contributed by atoms with Gasteiger partial charge in [0.05, 0.1) is 16.0 Å². The fourth-order valence-corrected chi connectivity index (χ4v) is 2.31. The molecule has 2 rings (SSSR count). The number of phenols is 1. The molecule has 8 heteroatoms. The number of anilines is 1. The monoisotopic (exact) mass is 281 g/mol. The third kappa shape index (κ3) is 2.35. The molecular weight excluding hydrogens is 270 g/mol. The maximum atomic E-state index is 11.1. The molecule has 0 bridgehead atoms. The first-order valence-electron chi connectivity index (χ1n) is 5.17. The lowest BCUT2D eigenvalue weighted by Gasteiger charge is -2.08. The number of rotatable bonds is 2. The number of benzene rings is 2. The van der Waals surface area contributed by atoms with Crippen molar-refractivity contribution in [2.75, 3.05) is 12.8 Å². The maximum absolute atomic E-state index is 11.1. The Morgan fingerprint density at radius 1 is 1.26 bits per heavy atom. The molecule has 0 amide bonds. The molecule has 0 saturated carbocycles. The predicted molar refractivity (Wildman–Crippen MR) is 70.3 cm³/mol. The molecule has 2 aromatic rings. The van der Waals surface area contributed by atoms with Gasteiger partial charge in [-0.1, -0.05) is 6.07 Å². The lowest BCUT2D eigenvalue weighted by Crippen LogP contribution is -1.98. The molecule has 0 heterocycles. The molecule has 4 N–H and O–H groups in total. The lowest BCUT2D eigenvalue weighted by atomic mass is 10.1. The first-order valence-corrected chi connectivity index (χ1v) is 6.61. The normalized spacial score (nSPS) is 12.3. The molecule has 2 aromatic carbocycles. The van der Waals surface area contributed by atoms with Gasteiger partial charge >= 0.3 is 0 Å². The van der Waals surface area contributed by atoms with Crippen LogP contribution in [-0.2, 0) is 10.1 Å². The van der Waals surface area contributed by atoms with Crippen LogP contribution in [0.5, 0.6) is 5.75 Å². The Kier molecular flexibility index (Phi) is 3.13. The van der Waals surface area contributed by atoms with Gasteiger partial charge in [0.15, 0.2) is 0 Å². The predicted octanol–water partition coefficient (Wildman–Crippen LogP) is 2.09. The van der Waals surface area contributed by atoms with Gasteiger partial charge < -0.3 is 10.8 Å². The largest absolute Gasteiger partial charge is 0.507 e. The van der Waals surface area contributed by atoms with E-state index in [1.807, 2.05) is 0 Å². The minimum Gasteiger partial charge on any atom is -0.507 e. The summed E-state index contributed by atoms with van der Waals surface area (Å²) in [7, 11) is -2.95. The summed E-state index contributed by atoms with van der Waals surface area (Å²) in [6, 6.07) is 5.19. The minimum atomic E-state index is -4.40. The van der Waals surface area contributed by atoms with E-state index in [1.54, 1.807) is 0 Å². The van der Waals surface area contributed by atoms with Gasteiger partial charge in [0, 0.05) is 13.1 Å². The van der Waals surface area contributed by atoms with E-state index in [1.165, 1.54) is 25.2 Å². The average molecular weight is 281 g/mol. The van der Waals surface area contributed by atoms with Gasteiger partial charge in [0.25, 0.3) is 10.1 Å². The van der Waals surface area contributed by atoms with E-state index in [9.17, 15) is 13.5 Å². The number of phenolic OH excluding ortho intramolecular Hbond substituents is 1. The molecule has 7 nitrogen and oxygen atoms in total. The number of azo groups is 1. The smallest absolute Gasteiger partial charge is 0.294 e. The summed E-state index contributed by atoms with van der Waals surface area (Å²) in [5.74, 6) is -0.347. The Labute approximate surface area is 109 Å². The summed E-state index contributed by atoms with van der Waals surface area (Å²) in [6.07, 6.45) is 0. The molecule has 19 heavy (non-hydrogen) atoms. The first kappa shape index (κ1) is 13.2. The van der Waals surface area contributed by atoms with Crippen molar-refractivity contribution in [3.63, 3.8) is 0 Å². The van der Waals surface area contributed by atoms with E-state index in [2.05, 4.69) is 10.2 Å². The number of fused-ring (bicyclic) bond motifs is 1. The Bertz CT molecular complexity index is 784. The van der Waals surface area contributed by atoms with Crippen LogP contribution in [0.2, 0.25) is 0 Å². The third-order valence-electron chi connectivity index (χ3n) is 2.57. The molecule has 0 aliphatic carbocycles. The van der Waals surface area contributed by atoms with Crippen molar-refractivity contribution in [1.82, 2.24) is 0 Å². The number of nitrogens with zero attached hydrogens (tertiary/aromatic N) is 2. The van der Waals surface area contributed by atoms with E-state index >= 15 is 0 Å². The van der Waals surface area contributed by atoms with Crippen LogP contribution in [0.4, 0.5) is 11.4 Å². The second-order valence-electron chi connectivity index (χ2n) is 3.82. The minimum absolute atomic E-state index is 0.249. The van der Waals surface area contributed by atoms with Crippen LogP contribution in [0.25, 0.3) is 10.8 Å². The quantitative estimate of drug-likeness (QED) is 0.441. The van der Waals surface area contributed by atoms with Gasteiger partial charge in [-0.15, -0.1) is 0 Å². The topological polar surface area (TPSA) is 125 Å². The highest BCUT2D eigenvalue weighted by Crippen LogP contribution is 2.39. The number of aromatic hydroxyl groups is 1. The highest BCUT2D eigenvalue weighted by Gasteiger charge is 2.16. The van der Waals surface area contributed by atoms with Crippen molar-refractivity contribution in [2.45, 2.75) is 4.90 Å². The molecule has 0 aliphatic rings. The fourth-order valence-electron chi connectivity index (χ4n) is 1.77. The second kappa shape index (κ2) is 4.48. The van der Waals surface area contributed by atoms with Crippen LogP contribution >= 0.6 is 0 Å². The van der Waals surface area contributed by atoms with Crippen molar-refractivity contribution in [1.29, 1.82) is 0 Å². The molecule has 0 radical (unpaired) electrons. The van der Waals surface area contributed by atoms with Crippen molar-refractivity contribution >= 4 is 32.3 Å². The summed E-state index contributed by atoms with van der Waals surface area (Å²) in [5.41, 5.74) is 6.28. The fraction of sp³-hybridized carbons (Fsp3) is 0.0909. The van der Waals surface area contributed by atoms with Crippen LogP contribution in [0, 0.1) is 0 Å². The highest BCUT2D eigenvalue weighted by molar-refractivity contribution is 7.85. The molecule has 100 valence electrons. The summed E-state index contributed by atoms with van der Waals surface area (Å²) >= 11 is 0. The summed E-state index contributed by atoms with van der Waals surface area (Å²) in [5, 5.41) is 18.0. The molecule has 0 spiro atoms. The molecule has 0 saturated heterocycles. The van der Waals surface area contributed by atoms with Gasteiger partial charge in [0.1, 0.15) is 11.4 Å². The SMILES string of the molecule is CN=Nc1c(N)ccc2cc(S(=O)(=O)O)cc(O)c12. The third-order valence-corrected chi connectivity index (χ3v) is 3.40. The lowest BCUT2D eigenvalue weighted by molar-refractivity contribution is 0.471. The molecule has 0 fully saturated rings. The van der Waals surface area contributed by atoms with E-state index in [-0.39, 0.29) is 16.8 Å². The zero-order valence-electron chi connectivity index (χ0n) is 9.90. The Hall–Kier alpha value is -2.19. The van der Waals surface area contributed by atoms with Gasteiger partial charge in [-0.05, 0) is 17.5 Å². The van der Waals surface area contributed by atoms with Gasteiger partial charge in [-0.25, -0.2) is 0 Å². The van der Waals surface area contributed by atoms with E-state index in [0.717, 1.165) is 6.07 Å².